The zero-order valence-electron chi connectivity index (χ0n) is 13.4. The first-order valence-electron chi connectivity index (χ1n) is 7.09. The molecule has 2 rings (SSSR count). The summed E-state index contributed by atoms with van der Waals surface area (Å²) in [4.78, 5) is 8.88. The number of rotatable bonds is 6. The van der Waals surface area contributed by atoms with Crippen LogP contribution in [-0.2, 0) is 20.0 Å². The van der Waals surface area contributed by atoms with Crippen LogP contribution in [-0.4, -0.2) is 33.4 Å². The topological polar surface area (TPSA) is 64.9 Å². The molecule has 6 heteroatoms. The van der Waals surface area contributed by atoms with E-state index < -0.39 is 0 Å². The van der Waals surface area contributed by atoms with E-state index in [1.807, 2.05) is 33.9 Å². The van der Waals surface area contributed by atoms with Gasteiger partial charge in [-0.3, -0.25) is 0 Å². The Balaban J connectivity index is 1.90. The van der Waals surface area contributed by atoms with Gasteiger partial charge in [0.2, 0.25) is 5.88 Å². The monoisotopic (exact) mass is 289 g/mol. The van der Waals surface area contributed by atoms with Crippen molar-refractivity contribution in [2.75, 3.05) is 13.7 Å². The molecule has 0 spiro atoms. The fourth-order valence-corrected chi connectivity index (χ4v) is 2.46. The molecule has 0 saturated heterocycles. The highest BCUT2D eigenvalue weighted by atomic mass is 16.5. The number of aromatic nitrogens is 4. The largest absolute Gasteiger partial charge is 0.481 e. The number of hydrogen-bond donors (Lipinski definition) is 1. The maximum absolute atomic E-state index is 5.38. The summed E-state index contributed by atoms with van der Waals surface area (Å²) >= 11 is 0. The number of nitrogens with one attached hydrogen (secondary N) is 1. The molecule has 0 bridgehead atoms. The summed E-state index contributed by atoms with van der Waals surface area (Å²) in [5.74, 6) is 1.69. The summed E-state index contributed by atoms with van der Waals surface area (Å²) in [6.07, 6.45) is 0.810. The third kappa shape index (κ3) is 3.78. The minimum atomic E-state index is 0.730. The van der Waals surface area contributed by atoms with Crippen molar-refractivity contribution in [1.29, 1.82) is 0 Å². The van der Waals surface area contributed by atoms with Crippen LogP contribution >= 0.6 is 0 Å². The first kappa shape index (κ1) is 15.4. The number of aryl methyl sites for hydroxylation is 4. The van der Waals surface area contributed by atoms with Crippen molar-refractivity contribution in [3.8, 4) is 5.88 Å². The molecule has 0 atom stereocenters. The predicted octanol–water partition coefficient (Wildman–Crippen LogP) is 1.48. The SMILES string of the molecule is COc1c(CNCCc2nc(C)cc(C)n2)c(C)nn1C. The molecule has 2 aromatic rings. The zero-order chi connectivity index (χ0) is 15.4. The molecule has 0 fully saturated rings. The molecule has 0 aliphatic rings. The molecule has 0 saturated carbocycles. The van der Waals surface area contributed by atoms with E-state index in [0.717, 1.165) is 53.9 Å². The summed E-state index contributed by atoms with van der Waals surface area (Å²) in [7, 11) is 3.56. The number of hydrogen-bond acceptors (Lipinski definition) is 5. The normalized spacial score (nSPS) is 10.9. The lowest BCUT2D eigenvalue weighted by molar-refractivity contribution is 0.368. The van der Waals surface area contributed by atoms with Crippen molar-refractivity contribution in [2.45, 2.75) is 33.7 Å². The number of methoxy groups -OCH3 is 1. The summed E-state index contributed by atoms with van der Waals surface area (Å²) in [5, 5.41) is 7.77. The highest BCUT2D eigenvalue weighted by Crippen LogP contribution is 2.20. The van der Waals surface area contributed by atoms with E-state index in [-0.39, 0.29) is 0 Å². The lowest BCUT2D eigenvalue weighted by atomic mass is 10.2. The van der Waals surface area contributed by atoms with E-state index in [1.54, 1.807) is 11.8 Å². The maximum atomic E-state index is 5.38. The van der Waals surface area contributed by atoms with Crippen LogP contribution in [0.4, 0.5) is 0 Å². The highest BCUT2D eigenvalue weighted by molar-refractivity contribution is 5.30. The predicted molar refractivity (Wildman–Crippen MR) is 81.4 cm³/mol. The summed E-state index contributed by atoms with van der Waals surface area (Å²) in [6, 6.07) is 1.99. The summed E-state index contributed by atoms with van der Waals surface area (Å²) < 4.78 is 7.14. The van der Waals surface area contributed by atoms with Crippen molar-refractivity contribution in [1.82, 2.24) is 25.1 Å². The number of nitrogens with zero attached hydrogens (tertiary/aromatic N) is 4. The van der Waals surface area contributed by atoms with Gasteiger partial charge in [0.05, 0.1) is 18.4 Å². The van der Waals surface area contributed by atoms with E-state index in [2.05, 4.69) is 20.4 Å². The van der Waals surface area contributed by atoms with Crippen LogP contribution in [0, 0.1) is 20.8 Å². The molecule has 0 aliphatic heterocycles. The van der Waals surface area contributed by atoms with Gasteiger partial charge in [-0.25, -0.2) is 14.6 Å². The second-order valence-corrected chi connectivity index (χ2v) is 5.19. The Morgan fingerprint density at radius 2 is 1.86 bits per heavy atom. The van der Waals surface area contributed by atoms with E-state index >= 15 is 0 Å². The van der Waals surface area contributed by atoms with E-state index in [1.165, 1.54) is 0 Å². The Kier molecular flexibility index (Phi) is 4.90. The highest BCUT2D eigenvalue weighted by Gasteiger charge is 2.13. The molecule has 2 heterocycles. The van der Waals surface area contributed by atoms with Gasteiger partial charge in [0.25, 0.3) is 0 Å². The third-order valence-electron chi connectivity index (χ3n) is 3.34. The standard InChI is InChI=1S/C15H23N5O/c1-10-8-11(2)18-14(17-10)6-7-16-9-13-12(3)19-20(4)15(13)21-5/h8,16H,6-7,9H2,1-5H3. The lowest BCUT2D eigenvalue weighted by Crippen LogP contribution is -2.18. The Labute approximate surface area is 125 Å². The fourth-order valence-electron chi connectivity index (χ4n) is 2.46. The van der Waals surface area contributed by atoms with Crippen LogP contribution in [0.1, 0.15) is 28.5 Å². The molecule has 0 radical (unpaired) electrons. The quantitative estimate of drug-likeness (QED) is 0.816. The molecule has 0 aromatic carbocycles. The van der Waals surface area contributed by atoms with E-state index in [0.29, 0.717) is 0 Å². The van der Waals surface area contributed by atoms with Crippen molar-refractivity contribution in [3.05, 3.63) is 34.5 Å². The van der Waals surface area contributed by atoms with Crippen LogP contribution in [0.3, 0.4) is 0 Å². The second-order valence-electron chi connectivity index (χ2n) is 5.19. The van der Waals surface area contributed by atoms with Gasteiger partial charge in [0.15, 0.2) is 0 Å². The molecule has 0 unspecified atom stereocenters. The third-order valence-corrected chi connectivity index (χ3v) is 3.34. The molecule has 114 valence electrons. The van der Waals surface area contributed by atoms with Crippen LogP contribution < -0.4 is 10.1 Å². The average Bonchev–Trinajstić information content (AvgIpc) is 2.67. The molecule has 1 N–H and O–H groups in total. The minimum absolute atomic E-state index is 0.730. The van der Waals surface area contributed by atoms with Crippen molar-refractivity contribution in [2.24, 2.45) is 7.05 Å². The van der Waals surface area contributed by atoms with Gasteiger partial charge in [-0.2, -0.15) is 5.10 Å². The van der Waals surface area contributed by atoms with Crippen LogP contribution in [0.25, 0.3) is 0 Å². The summed E-state index contributed by atoms with van der Waals surface area (Å²) in [5.41, 5.74) is 4.12. The first-order chi connectivity index (χ1) is 10.0. The van der Waals surface area contributed by atoms with Crippen LogP contribution in [0.15, 0.2) is 6.07 Å². The van der Waals surface area contributed by atoms with Gasteiger partial charge in [0, 0.05) is 37.9 Å². The molecule has 6 nitrogen and oxygen atoms in total. The van der Waals surface area contributed by atoms with E-state index in [4.69, 9.17) is 4.74 Å². The van der Waals surface area contributed by atoms with Gasteiger partial charge < -0.3 is 10.1 Å². The smallest absolute Gasteiger partial charge is 0.216 e. The minimum Gasteiger partial charge on any atom is -0.481 e. The van der Waals surface area contributed by atoms with Crippen molar-refractivity contribution in [3.63, 3.8) is 0 Å². The van der Waals surface area contributed by atoms with Gasteiger partial charge in [-0.05, 0) is 26.8 Å². The van der Waals surface area contributed by atoms with Crippen LogP contribution in [0.5, 0.6) is 5.88 Å². The average molecular weight is 289 g/mol. The van der Waals surface area contributed by atoms with Crippen LogP contribution in [0.2, 0.25) is 0 Å². The van der Waals surface area contributed by atoms with Crippen molar-refractivity contribution < 1.29 is 4.74 Å². The lowest BCUT2D eigenvalue weighted by Gasteiger charge is -2.07. The zero-order valence-corrected chi connectivity index (χ0v) is 13.4. The van der Waals surface area contributed by atoms with Gasteiger partial charge in [-0.15, -0.1) is 0 Å². The summed E-state index contributed by atoms with van der Waals surface area (Å²) in [6.45, 7) is 7.53. The molecular formula is C15H23N5O. The second kappa shape index (κ2) is 6.67. The Bertz CT molecular complexity index is 601. The molecular weight excluding hydrogens is 266 g/mol. The fraction of sp³-hybridized carbons (Fsp3) is 0.533. The van der Waals surface area contributed by atoms with Crippen molar-refractivity contribution >= 4 is 0 Å². The van der Waals surface area contributed by atoms with Gasteiger partial charge >= 0.3 is 0 Å². The molecule has 2 aromatic heterocycles. The first-order valence-corrected chi connectivity index (χ1v) is 7.09. The Morgan fingerprint density at radius 1 is 1.19 bits per heavy atom. The molecule has 21 heavy (non-hydrogen) atoms. The molecule has 0 amide bonds. The Morgan fingerprint density at radius 3 is 2.48 bits per heavy atom. The van der Waals surface area contributed by atoms with E-state index in [9.17, 15) is 0 Å². The molecule has 0 aliphatic carbocycles. The van der Waals surface area contributed by atoms with Gasteiger partial charge in [0.1, 0.15) is 5.82 Å². The maximum Gasteiger partial charge on any atom is 0.216 e. The van der Waals surface area contributed by atoms with Gasteiger partial charge in [-0.1, -0.05) is 0 Å². The number of ether oxygens (including phenoxy) is 1. The Hall–Kier alpha value is -1.95.